The Bertz CT molecular complexity index is 485. The zero-order valence-electron chi connectivity index (χ0n) is 8.55. The largest absolute Gasteiger partial charge is 0.392 e. The average molecular weight is 203 g/mol. The van der Waals surface area contributed by atoms with Gasteiger partial charge in [-0.05, 0) is 19.1 Å². The molecule has 1 atom stereocenters. The van der Waals surface area contributed by atoms with Crippen molar-refractivity contribution in [3.63, 3.8) is 0 Å². The average Bonchev–Trinajstić information content (AvgIpc) is 2.61. The van der Waals surface area contributed by atoms with Crippen LogP contribution in [0.15, 0.2) is 30.5 Å². The van der Waals surface area contributed by atoms with Crippen molar-refractivity contribution in [3.8, 4) is 0 Å². The third kappa shape index (κ3) is 1.78. The van der Waals surface area contributed by atoms with Crippen LogP contribution in [0.1, 0.15) is 17.3 Å². The second-order valence-electron chi connectivity index (χ2n) is 3.72. The van der Waals surface area contributed by atoms with Gasteiger partial charge in [0.05, 0.1) is 6.10 Å². The highest BCUT2D eigenvalue weighted by Gasteiger charge is 2.05. The van der Waals surface area contributed by atoms with E-state index in [0.29, 0.717) is 12.1 Å². The first-order valence-corrected chi connectivity index (χ1v) is 4.93. The minimum atomic E-state index is -0.388. The number of benzene rings is 1. The van der Waals surface area contributed by atoms with Gasteiger partial charge in [0.1, 0.15) is 0 Å². The van der Waals surface area contributed by atoms with Gasteiger partial charge in [0.2, 0.25) is 0 Å². The van der Waals surface area contributed by atoms with Crippen LogP contribution in [-0.4, -0.2) is 22.1 Å². The molecule has 0 spiro atoms. The van der Waals surface area contributed by atoms with Crippen LogP contribution in [0.3, 0.4) is 0 Å². The molecule has 3 nitrogen and oxygen atoms in total. The predicted octanol–water partition coefficient (Wildman–Crippen LogP) is 1.83. The van der Waals surface area contributed by atoms with Gasteiger partial charge in [0, 0.05) is 29.2 Å². The van der Waals surface area contributed by atoms with E-state index in [1.807, 2.05) is 29.0 Å². The van der Waals surface area contributed by atoms with Gasteiger partial charge in [-0.2, -0.15) is 0 Å². The van der Waals surface area contributed by atoms with Crippen LogP contribution in [0.5, 0.6) is 0 Å². The first-order chi connectivity index (χ1) is 7.22. The lowest BCUT2D eigenvalue weighted by molar-refractivity contribution is 0.112. The first-order valence-electron chi connectivity index (χ1n) is 4.93. The lowest BCUT2D eigenvalue weighted by atomic mass is 10.1. The summed E-state index contributed by atoms with van der Waals surface area (Å²) in [6.07, 6.45) is 2.36. The molecule has 0 fully saturated rings. The molecule has 1 N–H and O–H groups in total. The van der Waals surface area contributed by atoms with E-state index in [0.717, 1.165) is 17.2 Å². The Kier molecular flexibility index (Phi) is 2.56. The SMILES string of the molecule is CC(O)Cn1ccc2c(C=O)cccc21. The minimum Gasteiger partial charge on any atom is -0.392 e. The monoisotopic (exact) mass is 203 g/mol. The van der Waals surface area contributed by atoms with E-state index in [9.17, 15) is 9.90 Å². The number of aliphatic hydroxyl groups excluding tert-OH is 1. The fourth-order valence-electron chi connectivity index (χ4n) is 1.79. The molecule has 3 heteroatoms. The zero-order valence-corrected chi connectivity index (χ0v) is 8.55. The highest BCUT2D eigenvalue weighted by Crippen LogP contribution is 2.19. The molecule has 1 unspecified atom stereocenters. The van der Waals surface area contributed by atoms with Crippen LogP contribution in [0, 0.1) is 0 Å². The number of fused-ring (bicyclic) bond motifs is 1. The van der Waals surface area contributed by atoms with Crippen molar-refractivity contribution in [3.05, 3.63) is 36.0 Å². The summed E-state index contributed by atoms with van der Waals surface area (Å²) in [4.78, 5) is 10.8. The van der Waals surface area contributed by atoms with E-state index in [1.54, 1.807) is 13.0 Å². The summed E-state index contributed by atoms with van der Waals surface area (Å²) in [7, 11) is 0. The summed E-state index contributed by atoms with van der Waals surface area (Å²) >= 11 is 0. The van der Waals surface area contributed by atoms with E-state index in [-0.39, 0.29) is 6.10 Å². The van der Waals surface area contributed by atoms with Gasteiger partial charge < -0.3 is 9.67 Å². The lowest BCUT2D eigenvalue weighted by Gasteiger charge is -2.07. The Morgan fingerprint density at radius 2 is 2.27 bits per heavy atom. The third-order valence-electron chi connectivity index (χ3n) is 2.44. The number of carbonyl (C=O) groups excluding carboxylic acids is 1. The summed E-state index contributed by atoms with van der Waals surface area (Å²) in [6, 6.07) is 7.50. The van der Waals surface area contributed by atoms with Crippen LogP contribution in [0.2, 0.25) is 0 Å². The quantitative estimate of drug-likeness (QED) is 0.773. The van der Waals surface area contributed by atoms with Gasteiger partial charge >= 0.3 is 0 Å². The number of nitrogens with zero attached hydrogens (tertiary/aromatic N) is 1. The molecule has 0 bridgehead atoms. The molecule has 0 aliphatic rings. The molecule has 0 aliphatic heterocycles. The topological polar surface area (TPSA) is 42.2 Å². The van der Waals surface area contributed by atoms with Gasteiger partial charge in [-0.3, -0.25) is 4.79 Å². The number of hydrogen-bond acceptors (Lipinski definition) is 2. The Morgan fingerprint density at radius 3 is 2.93 bits per heavy atom. The maximum absolute atomic E-state index is 10.8. The minimum absolute atomic E-state index is 0.388. The van der Waals surface area contributed by atoms with Crippen LogP contribution in [-0.2, 0) is 6.54 Å². The Labute approximate surface area is 87.9 Å². The Hall–Kier alpha value is -1.61. The molecule has 2 aromatic rings. The second-order valence-corrected chi connectivity index (χ2v) is 3.72. The Balaban J connectivity index is 2.55. The van der Waals surface area contributed by atoms with Crippen molar-refractivity contribution < 1.29 is 9.90 Å². The molecule has 0 saturated carbocycles. The summed E-state index contributed by atoms with van der Waals surface area (Å²) in [6.45, 7) is 2.29. The zero-order chi connectivity index (χ0) is 10.8. The van der Waals surface area contributed by atoms with Crippen molar-refractivity contribution >= 4 is 17.2 Å². The molecule has 1 heterocycles. The van der Waals surface area contributed by atoms with Crippen molar-refractivity contribution in [1.29, 1.82) is 0 Å². The summed E-state index contributed by atoms with van der Waals surface area (Å²) in [5, 5.41) is 10.3. The molecule has 2 rings (SSSR count). The fourth-order valence-corrected chi connectivity index (χ4v) is 1.79. The Morgan fingerprint density at radius 1 is 1.47 bits per heavy atom. The van der Waals surface area contributed by atoms with Gasteiger partial charge in [0.25, 0.3) is 0 Å². The maximum Gasteiger partial charge on any atom is 0.150 e. The standard InChI is InChI=1S/C12H13NO2/c1-9(15)7-13-6-5-11-10(8-14)3-2-4-12(11)13/h2-6,8-9,15H,7H2,1H3. The van der Waals surface area contributed by atoms with Crippen molar-refractivity contribution in [2.75, 3.05) is 0 Å². The fraction of sp³-hybridized carbons (Fsp3) is 0.250. The van der Waals surface area contributed by atoms with Crippen LogP contribution >= 0.6 is 0 Å². The third-order valence-corrected chi connectivity index (χ3v) is 2.44. The molecule has 0 amide bonds. The maximum atomic E-state index is 10.8. The highest BCUT2D eigenvalue weighted by molar-refractivity contribution is 5.97. The smallest absolute Gasteiger partial charge is 0.150 e. The lowest BCUT2D eigenvalue weighted by Crippen LogP contribution is -2.10. The molecule has 0 aliphatic carbocycles. The van der Waals surface area contributed by atoms with Gasteiger partial charge in [0.15, 0.2) is 6.29 Å². The van der Waals surface area contributed by atoms with Crippen LogP contribution in [0.25, 0.3) is 10.9 Å². The molecule has 0 saturated heterocycles. The highest BCUT2D eigenvalue weighted by atomic mass is 16.3. The summed E-state index contributed by atoms with van der Waals surface area (Å²) < 4.78 is 1.95. The van der Waals surface area contributed by atoms with E-state index in [2.05, 4.69) is 0 Å². The van der Waals surface area contributed by atoms with Crippen LogP contribution in [0.4, 0.5) is 0 Å². The summed E-state index contributed by atoms with van der Waals surface area (Å²) in [5.74, 6) is 0. The number of carbonyl (C=O) groups is 1. The molecule has 0 radical (unpaired) electrons. The van der Waals surface area contributed by atoms with Gasteiger partial charge in [-0.15, -0.1) is 0 Å². The second kappa shape index (κ2) is 3.87. The normalized spacial score (nSPS) is 12.9. The van der Waals surface area contributed by atoms with Crippen LogP contribution < -0.4 is 0 Å². The number of aromatic nitrogens is 1. The summed E-state index contributed by atoms with van der Waals surface area (Å²) in [5.41, 5.74) is 1.68. The number of aldehydes is 1. The predicted molar refractivity (Wildman–Crippen MR) is 59.0 cm³/mol. The number of rotatable bonds is 3. The molecule has 15 heavy (non-hydrogen) atoms. The molecule has 78 valence electrons. The molecular formula is C12H13NO2. The molecular weight excluding hydrogens is 190 g/mol. The van der Waals surface area contributed by atoms with E-state index >= 15 is 0 Å². The van der Waals surface area contributed by atoms with Crippen molar-refractivity contribution in [2.24, 2.45) is 0 Å². The van der Waals surface area contributed by atoms with Crippen molar-refractivity contribution in [2.45, 2.75) is 19.6 Å². The van der Waals surface area contributed by atoms with E-state index in [4.69, 9.17) is 0 Å². The van der Waals surface area contributed by atoms with E-state index < -0.39 is 0 Å². The first kappa shape index (κ1) is 9.93. The van der Waals surface area contributed by atoms with Crippen molar-refractivity contribution in [1.82, 2.24) is 4.57 Å². The van der Waals surface area contributed by atoms with E-state index in [1.165, 1.54) is 0 Å². The molecule has 1 aromatic heterocycles. The number of hydrogen-bond donors (Lipinski definition) is 1. The van der Waals surface area contributed by atoms with Gasteiger partial charge in [-0.1, -0.05) is 12.1 Å². The molecule has 1 aromatic carbocycles. The number of aliphatic hydroxyl groups is 1. The van der Waals surface area contributed by atoms with Gasteiger partial charge in [-0.25, -0.2) is 0 Å².